The fourth-order valence-electron chi connectivity index (χ4n) is 3.71. The smallest absolute Gasteiger partial charge is 0.243 e. The lowest BCUT2D eigenvalue weighted by Crippen LogP contribution is -2.40. The molecule has 4 rings (SSSR count). The van der Waals surface area contributed by atoms with E-state index >= 15 is 0 Å². The van der Waals surface area contributed by atoms with E-state index in [1.807, 2.05) is 25.1 Å². The van der Waals surface area contributed by atoms with Crippen LogP contribution in [-0.2, 0) is 10.2 Å². The predicted molar refractivity (Wildman–Crippen MR) is 130 cm³/mol. The summed E-state index contributed by atoms with van der Waals surface area (Å²) in [6, 6.07) is 11.5. The van der Waals surface area contributed by atoms with Gasteiger partial charge in [0.1, 0.15) is 35.3 Å². The van der Waals surface area contributed by atoms with Crippen LogP contribution in [0.5, 0.6) is 5.88 Å². The number of allylic oxidation sites excluding steroid dienone is 3. The number of carbonyl (C=O) groups excluding carboxylic acids is 1. The summed E-state index contributed by atoms with van der Waals surface area (Å²) < 4.78 is 25.2. The first-order valence-electron chi connectivity index (χ1n) is 11.3. The molecule has 1 amide bonds. The van der Waals surface area contributed by atoms with Crippen LogP contribution in [0.3, 0.4) is 0 Å². The van der Waals surface area contributed by atoms with Crippen LogP contribution in [0.4, 0.5) is 10.2 Å². The molecule has 1 aliphatic rings. The number of nitriles is 1. The Kier molecular flexibility index (Phi) is 7.22. The number of anilines is 1. The van der Waals surface area contributed by atoms with E-state index in [4.69, 9.17) is 9.26 Å². The number of hydrogen-bond acceptors (Lipinski definition) is 8. The van der Waals surface area contributed by atoms with E-state index in [0.717, 1.165) is 0 Å². The number of nitrogens with one attached hydrogen (secondary N) is 1. The molecule has 0 saturated carbocycles. The Morgan fingerprint density at radius 3 is 2.72 bits per heavy atom. The molecule has 0 radical (unpaired) electrons. The maximum Gasteiger partial charge on any atom is 0.243 e. The van der Waals surface area contributed by atoms with Crippen LogP contribution in [0, 0.1) is 24.1 Å². The number of likely N-dealkylation sites (N-methyl/N-ethyl adjacent to an activating group) is 1. The second-order valence-corrected chi connectivity index (χ2v) is 8.55. The van der Waals surface area contributed by atoms with Crippen molar-refractivity contribution in [2.24, 2.45) is 0 Å². The van der Waals surface area contributed by atoms with Gasteiger partial charge in [0.15, 0.2) is 5.82 Å². The fraction of sp³-hybridized carbons (Fsp3) is 0.269. The van der Waals surface area contributed by atoms with Gasteiger partial charge in [0, 0.05) is 19.0 Å². The zero-order valence-electron chi connectivity index (χ0n) is 20.2. The van der Waals surface area contributed by atoms with Crippen molar-refractivity contribution >= 4 is 17.3 Å². The Bertz CT molecular complexity index is 1370. The van der Waals surface area contributed by atoms with Gasteiger partial charge < -0.3 is 19.5 Å². The zero-order chi connectivity index (χ0) is 25.7. The van der Waals surface area contributed by atoms with Crippen molar-refractivity contribution in [1.82, 2.24) is 20.0 Å². The van der Waals surface area contributed by atoms with Gasteiger partial charge in [-0.1, -0.05) is 41.6 Å². The molecule has 9 nitrogen and oxygen atoms in total. The SMILES string of the molecule is Cc1nc(C2(C(=O)Nc3ccc(C#N)c(OCCN(C)C)n3)C=CC(c3ccccc3F)=CC2)no1. The van der Waals surface area contributed by atoms with Gasteiger partial charge in [-0.2, -0.15) is 15.2 Å². The molecule has 3 aromatic rings. The molecular formula is C26H25FN6O3. The minimum atomic E-state index is -1.31. The Hall–Kier alpha value is -4.36. The number of aromatic nitrogens is 3. The number of carbonyl (C=O) groups is 1. The fourth-order valence-corrected chi connectivity index (χ4v) is 3.71. The number of pyridine rings is 1. The van der Waals surface area contributed by atoms with Crippen LogP contribution in [0.1, 0.15) is 29.3 Å². The maximum absolute atomic E-state index is 14.3. The van der Waals surface area contributed by atoms with Crippen LogP contribution < -0.4 is 10.1 Å². The first kappa shape index (κ1) is 24.8. The van der Waals surface area contributed by atoms with E-state index in [9.17, 15) is 14.4 Å². The molecule has 0 saturated heterocycles. The number of benzene rings is 1. The van der Waals surface area contributed by atoms with E-state index in [-0.39, 0.29) is 35.3 Å². The number of rotatable bonds is 8. The number of halogens is 1. The molecular weight excluding hydrogens is 463 g/mol. The van der Waals surface area contributed by atoms with Crippen molar-refractivity contribution in [3.63, 3.8) is 0 Å². The van der Waals surface area contributed by atoms with Crippen molar-refractivity contribution < 1.29 is 18.4 Å². The number of nitrogens with zero attached hydrogens (tertiary/aromatic N) is 5. The third-order valence-corrected chi connectivity index (χ3v) is 5.71. The van der Waals surface area contributed by atoms with Gasteiger partial charge in [-0.25, -0.2) is 4.39 Å². The summed E-state index contributed by atoms with van der Waals surface area (Å²) in [5, 5.41) is 16.2. The number of hydrogen-bond donors (Lipinski definition) is 1. The molecule has 0 fully saturated rings. The molecule has 184 valence electrons. The lowest BCUT2D eigenvalue weighted by atomic mass is 9.77. The van der Waals surface area contributed by atoms with Gasteiger partial charge in [0.2, 0.25) is 17.7 Å². The number of ether oxygens (including phenoxy) is 1. The standard InChI is InChI=1S/C26H25FN6O3/c1-17-29-24(32-36-17)26(12-10-18(11-13-26)20-6-4-5-7-21(20)27)25(34)31-22-9-8-19(16-28)23(30-22)35-15-14-33(2)3/h4-12H,13-15H2,1-3H3,(H,30,31,34). The maximum atomic E-state index is 14.3. The molecule has 1 atom stereocenters. The lowest BCUT2D eigenvalue weighted by Gasteiger charge is -2.28. The first-order chi connectivity index (χ1) is 17.3. The van der Waals surface area contributed by atoms with Crippen molar-refractivity contribution in [1.29, 1.82) is 5.26 Å². The van der Waals surface area contributed by atoms with Gasteiger partial charge in [0.05, 0.1) is 0 Å². The summed E-state index contributed by atoms with van der Waals surface area (Å²) >= 11 is 0. The minimum Gasteiger partial charge on any atom is -0.475 e. The summed E-state index contributed by atoms with van der Waals surface area (Å²) in [5.41, 5.74) is 0.0176. The summed E-state index contributed by atoms with van der Waals surface area (Å²) in [7, 11) is 3.81. The van der Waals surface area contributed by atoms with Crippen LogP contribution in [0.15, 0.2) is 59.1 Å². The molecule has 0 spiro atoms. The number of aryl methyl sites for hydroxylation is 1. The summed E-state index contributed by atoms with van der Waals surface area (Å²) in [5.74, 6) is -0.00126. The van der Waals surface area contributed by atoms with Gasteiger partial charge in [-0.3, -0.25) is 4.79 Å². The molecule has 10 heteroatoms. The topological polar surface area (TPSA) is 117 Å². The highest BCUT2D eigenvalue weighted by atomic mass is 19.1. The van der Waals surface area contributed by atoms with Gasteiger partial charge in [0.25, 0.3) is 0 Å². The molecule has 1 N–H and O–H groups in total. The van der Waals surface area contributed by atoms with E-state index < -0.39 is 11.3 Å². The Labute approximate surface area is 207 Å². The second-order valence-electron chi connectivity index (χ2n) is 8.55. The second kappa shape index (κ2) is 10.5. The van der Waals surface area contributed by atoms with Gasteiger partial charge in [-0.05, 0) is 44.3 Å². The van der Waals surface area contributed by atoms with Crippen LogP contribution in [-0.4, -0.2) is 53.2 Å². The molecule has 2 aromatic heterocycles. The highest BCUT2D eigenvalue weighted by molar-refractivity contribution is 6.01. The summed E-state index contributed by atoms with van der Waals surface area (Å²) in [6.45, 7) is 2.59. The number of amides is 1. The van der Waals surface area contributed by atoms with E-state index in [0.29, 0.717) is 30.2 Å². The monoisotopic (exact) mass is 488 g/mol. The summed E-state index contributed by atoms with van der Waals surface area (Å²) in [6.07, 6.45) is 5.26. The zero-order valence-corrected chi connectivity index (χ0v) is 20.2. The van der Waals surface area contributed by atoms with Crippen molar-refractivity contribution in [3.05, 3.63) is 83.3 Å². The molecule has 1 aliphatic carbocycles. The highest BCUT2D eigenvalue weighted by Crippen LogP contribution is 2.37. The Morgan fingerprint density at radius 1 is 1.28 bits per heavy atom. The van der Waals surface area contributed by atoms with Gasteiger partial charge >= 0.3 is 0 Å². The first-order valence-corrected chi connectivity index (χ1v) is 11.3. The largest absolute Gasteiger partial charge is 0.475 e. The average Bonchev–Trinajstić information content (AvgIpc) is 3.31. The van der Waals surface area contributed by atoms with Crippen LogP contribution in [0.25, 0.3) is 5.57 Å². The Morgan fingerprint density at radius 2 is 2.08 bits per heavy atom. The minimum absolute atomic E-state index is 0.127. The van der Waals surface area contributed by atoms with Crippen molar-refractivity contribution in [2.45, 2.75) is 18.8 Å². The molecule has 1 aromatic carbocycles. The quantitative estimate of drug-likeness (QED) is 0.511. The molecule has 1 unspecified atom stereocenters. The van der Waals surface area contributed by atoms with Crippen LogP contribution in [0.2, 0.25) is 0 Å². The van der Waals surface area contributed by atoms with Crippen LogP contribution >= 0.6 is 0 Å². The third-order valence-electron chi connectivity index (χ3n) is 5.71. The lowest BCUT2D eigenvalue weighted by molar-refractivity contribution is -0.120. The van der Waals surface area contributed by atoms with Crippen molar-refractivity contribution in [3.8, 4) is 11.9 Å². The normalized spacial score (nSPS) is 16.9. The highest BCUT2D eigenvalue weighted by Gasteiger charge is 2.43. The Balaban J connectivity index is 1.62. The molecule has 0 aliphatic heterocycles. The summed E-state index contributed by atoms with van der Waals surface area (Å²) in [4.78, 5) is 24.2. The molecule has 2 heterocycles. The van der Waals surface area contributed by atoms with Gasteiger partial charge in [-0.15, -0.1) is 0 Å². The third kappa shape index (κ3) is 5.16. The van der Waals surface area contributed by atoms with Crippen molar-refractivity contribution in [2.75, 3.05) is 32.6 Å². The van der Waals surface area contributed by atoms with E-state index in [2.05, 4.69) is 20.4 Å². The van der Waals surface area contributed by atoms with E-state index in [1.165, 1.54) is 18.2 Å². The predicted octanol–water partition coefficient (Wildman–Crippen LogP) is 3.64. The molecule has 0 bridgehead atoms. The van der Waals surface area contributed by atoms with E-state index in [1.54, 1.807) is 43.4 Å². The average molecular weight is 489 g/mol. The molecule has 36 heavy (non-hydrogen) atoms.